The summed E-state index contributed by atoms with van der Waals surface area (Å²) in [6, 6.07) is 5.64. The molecule has 1 N–H and O–H groups in total. The maximum absolute atomic E-state index is 13.8. The molecule has 0 heterocycles. The second-order valence-corrected chi connectivity index (χ2v) is 6.65. The number of nitrogens with zero attached hydrogens (tertiary/aromatic N) is 1. The topological polar surface area (TPSA) is 15.3 Å². The third-order valence-electron chi connectivity index (χ3n) is 3.94. The molecule has 0 fully saturated rings. The minimum Gasteiger partial charge on any atom is -0.371 e. The molecule has 0 spiro atoms. The van der Waals surface area contributed by atoms with Crippen molar-refractivity contribution >= 4 is 5.69 Å². The molecular weight excluding hydrogens is 251 g/mol. The number of benzene rings is 1. The summed E-state index contributed by atoms with van der Waals surface area (Å²) < 4.78 is 13.8. The van der Waals surface area contributed by atoms with Crippen molar-refractivity contribution in [1.82, 2.24) is 5.32 Å². The summed E-state index contributed by atoms with van der Waals surface area (Å²) in [6.07, 6.45) is 1.09. The molecule has 0 aromatic heterocycles. The lowest BCUT2D eigenvalue weighted by Crippen LogP contribution is -2.39. The van der Waals surface area contributed by atoms with Gasteiger partial charge in [0.15, 0.2) is 0 Å². The van der Waals surface area contributed by atoms with Crippen molar-refractivity contribution in [2.24, 2.45) is 5.41 Å². The fourth-order valence-electron chi connectivity index (χ4n) is 2.15. The van der Waals surface area contributed by atoms with E-state index in [-0.39, 0.29) is 11.2 Å². The van der Waals surface area contributed by atoms with Crippen LogP contribution in [0.3, 0.4) is 0 Å². The molecule has 0 saturated heterocycles. The quantitative estimate of drug-likeness (QED) is 0.786. The van der Waals surface area contributed by atoms with Gasteiger partial charge in [-0.3, -0.25) is 0 Å². The monoisotopic (exact) mass is 280 g/mol. The van der Waals surface area contributed by atoms with Gasteiger partial charge in [-0.25, -0.2) is 4.39 Å². The van der Waals surface area contributed by atoms with E-state index in [2.05, 4.69) is 50.9 Å². The average Bonchev–Trinajstić information content (AvgIpc) is 2.35. The van der Waals surface area contributed by atoms with Crippen LogP contribution in [-0.2, 0) is 6.54 Å². The lowest BCUT2D eigenvalue weighted by molar-refractivity contribution is 0.329. The van der Waals surface area contributed by atoms with Gasteiger partial charge in [0.1, 0.15) is 5.82 Å². The zero-order valence-corrected chi connectivity index (χ0v) is 13.8. The molecule has 20 heavy (non-hydrogen) atoms. The summed E-state index contributed by atoms with van der Waals surface area (Å²) in [6.45, 7) is 12.6. The summed E-state index contributed by atoms with van der Waals surface area (Å²) in [4.78, 5) is 2.16. The first kappa shape index (κ1) is 17.0. The fraction of sp³-hybridized carbons (Fsp3) is 0.647. The van der Waals surface area contributed by atoms with E-state index in [0.29, 0.717) is 6.04 Å². The number of nitrogens with one attached hydrogen (secondary N) is 1. The smallest absolute Gasteiger partial charge is 0.125 e. The highest BCUT2D eigenvalue weighted by atomic mass is 19.1. The Bertz CT molecular complexity index is 423. The number of anilines is 1. The van der Waals surface area contributed by atoms with Crippen molar-refractivity contribution in [1.29, 1.82) is 0 Å². The van der Waals surface area contributed by atoms with Crippen LogP contribution in [0, 0.1) is 11.2 Å². The Morgan fingerprint density at radius 1 is 1.25 bits per heavy atom. The Labute approximate surface area is 123 Å². The predicted octanol–water partition coefficient (Wildman–Crippen LogP) is 4.20. The molecule has 1 aromatic rings. The molecule has 0 aliphatic rings. The van der Waals surface area contributed by atoms with E-state index in [9.17, 15) is 4.39 Å². The van der Waals surface area contributed by atoms with Gasteiger partial charge in [-0.2, -0.15) is 0 Å². The maximum Gasteiger partial charge on any atom is 0.125 e. The average molecular weight is 280 g/mol. The van der Waals surface area contributed by atoms with Crippen LogP contribution in [0.25, 0.3) is 0 Å². The van der Waals surface area contributed by atoms with Crippen LogP contribution >= 0.6 is 0 Å². The Morgan fingerprint density at radius 2 is 1.90 bits per heavy atom. The Morgan fingerprint density at radius 3 is 2.45 bits per heavy atom. The molecular formula is C17H29FN2. The van der Waals surface area contributed by atoms with Gasteiger partial charge in [0.05, 0.1) is 0 Å². The van der Waals surface area contributed by atoms with Gasteiger partial charge in [0, 0.05) is 25.3 Å². The lowest BCUT2D eigenvalue weighted by atomic mass is 9.87. The standard InChI is InChI=1S/C17H29FN2/c1-7-8-19-12-14-9-15(18)11-16(10-14)20(6)13(2)17(3,4)5/h9-11,13,19H,7-8,12H2,1-6H3. The van der Waals surface area contributed by atoms with Crippen molar-refractivity contribution in [2.45, 2.75) is 53.6 Å². The SMILES string of the molecule is CCCNCc1cc(F)cc(N(C)C(C)C(C)(C)C)c1. The molecule has 0 saturated carbocycles. The predicted molar refractivity (Wildman–Crippen MR) is 85.7 cm³/mol. The molecule has 1 unspecified atom stereocenters. The molecule has 3 heteroatoms. The van der Waals surface area contributed by atoms with E-state index >= 15 is 0 Å². The number of halogens is 1. The van der Waals surface area contributed by atoms with Crippen LogP contribution in [0.15, 0.2) is 18.2 Å². The van der Waals surface area contributed by atoms with Crippen molar-refractivity contribution in [3.63, 3.8) is 0 Å². The Kier molecular flexibility index (Phi) is 6.00. The van der Waals surface area contributed by atoms with Crippen LogP contribution < -0.4 is 10.2 Å². The molecule has 0 amide bonds. The fourth-order valence-corrected chi connectivity index (χ4v) is 2.15. The Hall–Kier alpha value is -1.09. The van der Waals surface area contributed by atoms with Crippen molar-refractivity contribution in [2.75, 3.05) is 18.5 Å². The summed E-state index contributed by atoms with van der Waals surface area (Å²) in [5.41, 5.74) is 2.10. The highest BCUT2D eigenvalue weighted by Gasteiger charge is 2.24. The highest BCUT2D eigenvalue weighted by molar-refractivity contribution is 5.49. The van der Waals surface area contributed by atoms with E-state index < -0.39 is 0 Å². The van der Waals surface area contributed by atoms with Gasteiger partial charge in [0.25, 0.3) is 0 Å². The third kappa shape index (κ3) is 4.78. The van der Waals surface area contributed by atoms with Gasteiger partial charge in [0.2, 0.25) is 0 Å². The van der Waals surface area contributed by atoms with Gasteiger partial charge >= 0.3 is 0 Å². The zero-order valence-electron chi connectivity index (χ0n) is 13.8. The van der Waals surface area contributed by atoms with E-state index in [4.69, 9.17) is 0 Å². The summed E-state index contributed by atoms with van der Waals surface area (Å²) >= 11 is 0. The van der Waals surface area contributed by atoms with Crippen LogP contribution in [0.5, 0.6) is 0 Å². The minimum atomic E-state index is -0.163. The lowest BCUT2D eigenvalue weighted by Gasteiger charge is -2.37. The third-order valence-corrected chi connectivity index (χ3v) is 3.94. The second-order valence-electron chi connectivity index (χ2n) is 6.65. The molecule has 0 radical (unpaired) electrons. The molecule has 1 atom stereocenters. The van der Waals surface area contributed by atoms with Gasteiger partial charge < -0.3 is 10.2 Å². The molecule has 0 bridgehead atoms. The first-order valence-corrected chi connectivity index (χ1v) is 7.48. The summed E-state index contributed by atoms with van der Waals surface area (Å²) in [7, 11) is 2.04. The van der Waals surface area contributed by atoms with E-state index in [1.165, 1.54) is 0 Å². The van der Waals surface area contributed by atoms with Gasteiger partial charge in [-0.15, -0.1) is 0 Å². The molecule has 114 valence electrons. The maximum atomic E-state index is 13.8. The summed E-state index contributed by atoms with van der Waals surface area (Å²) in [5.74, 6) is -0.163. The normalized spacial score (nSPS) is 13.3. The number of hydrogen-bond donors (Lipinski definition) is 1. The molecule has 1 aromatic carbocycles. The van der Waals surface area contributed by atoms with Crippen LogP contribution in [0.4, 0.5) is 10.1 Å². The molecule has 2 nitrogen and oxygen atoms in total. The highest BCUT2D eigenvalue weighted by Crippen LogP contribution is 2.28. The van der Waals surface area contributed by atoms with Crippen molar-refractivity contribution in [3.05, 3.63) is 29.6 Å². The molecule has 1 rings (SSSR count). The largest absolute Gasteiger partial charge is 0.371 e. The summed E-state index contributed by atoms with van der Waals surface area (Å²) in [5, 5.41) is 3.32. The first-order valence-electron chi connectivity index (χ1n) is 7.48. The van der Waals surface area contributed by atoms with Crippen LogP contribution in [-0.4, -0.2) is 19.6 Å². The minimum absolute atomic E-state index is 0.154. The van der Waals surface area contributed by atoms with Crippen LogP contribution in [0.1, 0.15) is 46.6 Å². The first-order chi connectivity index (χ1) is 9.25. The van der Waals surface area contributed by atoms with E-state index in [1.54, 1.807) is 12.1 Å². The van der Waals surface area contributed by atoms with Gasteiger partial charge in [-0.1, -0.05) is 27.7 Å². The van der Waals surface area contributed by atoms with Gasteiger partial charge in [-0.05, 0) is 49.1 Å². The van der Waals surface area contributed by atoms with Crippen LogP contribution in [0.2, 0.25) is 0 Å². The molecule has 0 aliphatic carbocycles. The van der Waals surface area contributed by atoms with Crippen molar-refractivity contribution < 1.29 is 4.39 Å². The van der Waals surface area contributed by atoms with E-state index in [0.717, 1.165) is 30.8 Å². The number of rotatable bonds is 6. The van der Waals surface area contributed by atoms with Crippen molar-refractivity contribution in [3.8, 4) is 0 Å². The number of hydrogen-bond acceptors (Lipinski definition) is 2. The Balaban J connectivity index is 2.89. The zero-order chi connectivity index (χ0) is 15.3. The van der Waals surface area contributed by atoms with E-state index in [1.807, 2.05) is 7.05 Å². The second kappa shape index (κ2) is 7.07. The molecule has 0 aliphatic heterocycles.